The van der Waals surface area contributed by atoms with E-state index in [0.29, 0.717) is 13.2 Å². The van der Waals surface area contributed by atoms with E-state index in [4.69, 9.17) is 9.47 Å². The van der Waals surface area contributed by atoms with Gasteiger partial charge in [-0.15, -0.1) is 5.56 Å². The van der Waals surface area contributed by atoms with Crippen molar-refractivity contribution in [2.45, 2.75) is 5.92 Å². The summed E-state index contributed by atoms with van der Waals surface area (Å²) in [4.78, 5) is 0. The third-order valence-electron chi connectivity index (χ3n) is 7.35. The van der Waals surface area contributed by atoms with Gasteiger partial charge in [0.2, 0.25) is 0 Å². The number of hydrogen-bond acceptors (Lipinski definition) is 2. The molecule has 1 aliphatic rings. The van der Waals surface area contributed by atoms with Crippen LogP contribution in [0.5, 0.6) is 11.5 Å². The van der Waals surface area contributed by atoms with Gasteiger partial charge in [-0.3, -0.25) is 0 Å². The van der Waals surface area contributed by atoms with Gasteiger partial charge in [-0.25, -0.2) is 0 Å². The summed E-state index contributed by atoms with van der Waals surface area (Å²) < 4.78 is 13.2. The molecule has 6 aromatic rings. The van der Waals surface area contributed by atoms with Gasteiger partial charge in [-0.05, 0) is 44.8 Å². The third kappa shape index (κ3) is 4.39. The van der Waals surface area contributed by atoms with E-state index in [1.54, 1.807) is 0 Å². The van der Waals surface area contributed by atoms with Crippen LogP contribution in [0.15, 0.2) is 121 Å². The van der Waals surface area contributed by atoms with E-state index in [1.165, 1.54) is 38.2 Å². The predicted molar refractivity (Wildman–Crippen MR) is 151 cm³/mol. The molecule has 185 valence electrons. The summed E-state index contributed by atoms with van der Waals surface area (Å²) in [6.45, 7) is 1.08. The summed E-state index contributed by atoms with van der Waals surface area (Å²) >= 11 is 0. The molecule has 1 radical (unpaired) electrons. The van der Waals surface area contributed by atoms with Gasteiger partial charge in [0.25, 0.3) is 0 Å². The molecule has 0 aliphatic carbocycles. The molecule has 0 saturated heterocycles. The second-order valence-electron chi connectivity index (χ2n) is 9.55. The van der Waals surface area contributed by atoms with Crippen molar-refractivity contribution < 1.29 is 29.9 Å². The number of rotatable bonds is 2. The minimum atomic E-state index is 0. The number of ether oxygens (including phenoxy) is 2. The van der Waals surface area contributed by atoms with Gasteiger partial charge < -0.3 is 9.47 Å². The fraction of sp³-hybridized carbons (Fsp3) is 0.0857. The van der Waals surface area contributed by atoms with E-state index >= 15 is 0 Å². The van der Waals surface area contributed by atoms with E-state index in [9.17, 15) is 0 Å². The molecule has 0 N–H and O–H groups in total. The summed E-state index contributed by atoms with van der Waals surface area (Å²) in [7, 11) is 0. The van der Waals surface area contributed by atoms with E-state index in [-0.39, 0.29) is 26.3 Å². The molecule has 6 aromatic carbocycles. The molecular weight excluding hydrogens is 639 g/mol. The molecule has 0 saturated carbocycles. The minimum absolute atomic E-state index is 0. The Morgan fingerprint density at radius 1 is 0.526 bits per heavy atom. The average molecular weight is 664 g/mol. The third-order valence-corrected chi connectivity index (χ3v) is 7.35. The molecule has 0 bridgehead atoms. The molecule has 0 aromatic heterocycles. The Morgan fingerprint density at radius 3 is 1.58 bits per heavy atom. The van der Waals surface area contributed by atoms with Crippen LogP contribution in [0.4, 0.5) is 0 Å². The zero-order chi connectivity index (χ0) is 24.6. The number of benzene rings is 6. The summed E-state index contributed by atoms with van der Waals surface area (Å²) in [6.07, 6.45) is 0. The van der Waals surface area contributed by atoms with Crippen LogP contribution in [0.2, 0.25) is 0 Å². The first-order chi connectivity index (χ1) is 18.3. The standard InChI is InChI=1S/C35H25O2.Re/c1-2-8-24(9-3-1)25-14-16-26(17-15-25)29-22-36-32-20-18-27-10-4-6-12-30(27)34(32)35-31-13-7-5-11-28(31)19-21-33(35)37-23-29;/h2-21,29H,22-23H2;/q-1;. The second-order valence-corrected chi connectivity index (χ2v) is 9.55. The van der Waals surface area contributed by atoms with Crippen LogP contribution in [0.25, 0.3) is 43.8 Å². The van der Waals surface area contributed by atoms with Crippen LogP contribution < -0.4 is 9.47 Å². The van der Waals surface area contributed by atoms with Gasteiger partial charge in [-0.1, -0.05) is 84.9 Å². The minimum Gasteiger partial charge on any atom is -0.492 e. The first-order valence-corrected chi connectivity index (χ1v) is 12.7. The van der Waals surface area contributed by atoms with Crippen LogP contribution in [0, 0.1) is 6.07 Å². The molecule has 38 heavy (non-hydrogen) atoms. The van der Waals surface area contributed by atoms with Crippen molar-refractivity contribution in [3.05, 3.63) is 133 Å². The maximum Gasteiger partial charge on any atom is 0.127 e. The number of fused-ring (bicyclic) bond motifs is 7. The van der Waals surface area contributed by atoms with E-state index < -0.39 is 0 Å². The van der Waals surface area contributed by atoms with Crippen molar-refractivity contribution in [2.24, 2.45) is 0 Å². The molecule has 0 spiro atoms. The Hall–Kier alpha value is -3.90. The van der Waals surface area contributed by atoms with E-state index in [1.807, 2.05) is 12.1 Å². The fourth-order valence-corrected chi connectivity index (χ4v) is 5.41. The van der Waals surface area contributed by atoms with Gasteiger partial charge >= 0.3 is 0 Å². The summed E-state index contributed by atoms with van der Waals surface area (Å²) in [6, 6.07) is 45.5. The second kappa shape index (κ2) is 10.5. The fourth-order valence-electron chi connectivity index (χ4n) is 5.41. The van der Waals surface area contributed by atoms with E-state index in [2.05, 4.69) is 115 Å². The molecule has 3 heteroatoms. The van der Waals surface area contributed by atoms with Crippen LogP contribution in [-0.4, -0.2) is 13.2 Å². The van der Waals surface area contributed by atoms with Crippen LogP contribution in [0.1, 0.15) is 11.5 Å². The van der Waals surface area contributed by atoms with Gasteiger partial charge in [0.05, 0.1) is 19.1 Å². The Kier molecular flexibility index (Phi) is 6.73. The average Bonchev–Trinajstić information content (AvgIpc) is 3.05. The largest absolute Gasteiger partial charge is 0.492 e. The maximum absolute atomic E-state index is 6.62. The molecule has 0 unspecified atom stereocenters. The van der Waals surface area contributed by atoms with Gasteiger partial charge in [0.15, 0.2) is 0 Å². The van der Waals surface area contributed by atoms with Crippen LogP contribution >= 0.6 is 0 Å². The summed E-state index contributed by atoms with van der Waals surface area (Å²) in [5, 5.41) is 4.72. The van der Waals surface area contributed by atoms with Gasteiger partial charge in [0.1, 0.15) is 11.5 Å². The molecule has 2 nitrogen and oxygen atoms in total. The summed E-state index contributed by atoms with van der Waals surface area (Å²) in [5.41, 5.74) is 5.78. The van der Waals surface area contributed by atoms with Crippen molar-refractivity contribution in [3.63, 3.8) is 0 Å². The predicted octanol–water partition coefficient (Wildman–Crippen LogP) is 8.68. The zero-order valence-electron chi connectivity index (χ0n) is 20.7. The van der Waals surface area contributed by atoms with Crippen molar-refractivity contribution in [1.29, 1.82) is 0 Å². The quantitative estimate of drug-likeness (QED) is 0.173. The van der Waals surface area contributed by atoms with Gasteiger partial charge in [-0.2, -0.15) is 30.3 Å². The van der Waals surface area contributed by atoms with Crippen molar-refractivity contribution >= 4 is 21.5 Å². The molecule has 0 fully saturated rings. The molecule has 0 amide bonds. The van der Waals surface area contributed by atoms with Crippen molar-refractivity contribution in [3.8, 4) is 33.8 Å². The zero-order valence-corrected chi connectivity index (χ0v) is 23.4. The topological polar surface area (TPSA) is 18.5 Å². The van der Waals surface area contributed by atoms with Crippen molar-refractivity contribution in [2.75, 3.05) is 13.2 Å². The Bertz CT molecular complexity index is 1640. The SMILES string of the molecule is [Re].[c-]1ccc(-c2ccc(C3COc4ccc5ccccc5c4-c4c(ccc5ccccc45)OC3)cc2)cc1. The Morgan fingerprint density at radius 2 is 1.03 bits per heavy atom. The molecule has 0 atom stereocenters. The van der Waals surface area contributed by atoms with E-state index in [0.717, 1.165) is 22.6 Å². The molecule has 7 rings (SSSR count). The molecule has 1 aliphatic heterocycles. The van der Waals surface area contributed by atoms with Crippen LogP contribution in [0.3, 0.4) is 0 Å². The monoisotopic (exact) mass is 664 g/mol. The summed E-state index contributed by atoms with van der Waals surface area (Å²) in [5.74, 6) is 1.88. The Labute approximate surface area is 236 Å². The molecular formula is C35H25O2Re-. The maximum atomic E-state index is 6.62. The normalized spacial score (nSPS) is 13.2. The van der Waals surface area contributed by atoms with Crippen molar-refractivity contribution in [1.82, 2.24) is 0 Å². The number of hydrogen-bond donors (Lipinski definition) is 0. The first kappa shape index (κ1) is 24.4. The first-order valence-electron chi connectivity index (χ1n) is 12.7. The van der Waals surface area contributed by atoms with Crippen LogP contribution in [-0.2, 0) is 20.4 Å². The molecule has 1 heterocycles. The van der Waals surface area contributed by atoms with Gasteiger partial charge in [0, 0.05) is 31.5 Å². The smallest absolute Gasteiger partial charge is 0.127 e. The Balaban J connectivity index is 0.00000264.